The van der Waals surface area contributed by atoms with Crippen LogP contribution in [0, 0.1) is 0 Å². The summed E-state index contributed by atoms with van der Waals surface area (Å²) in [7, 11) is 2.43. The van der Waals surface area contributed by atoms with E-state index in [-0.39, 0.29) is 21.1 Å². The van der Waals surface area contributed by atoms with E-state index >= 15 is 0 Å². The second-order valence-corrected chi connectivity index (χ2v) is 2.70. The molecule has 0 N–H and O–H groups in total. The molecule has 0 saturated carbocycles. The molecule has 0 amide bonds. The van der Waals surface area contributed by atoms with Gasteiger partial charge in [-0.3, -0.25) is 6.79 Å². The van der Waals surface area contributed by atoms with Gasteiger partial charge < -0.3 is 4.79 Å². The van der Waals surface area contributed by atoms with Gasteiger partial charge >= 0.3 is 0 Å². The van der Waals surface area contributed by atoms with Gasteiger partial charge in [0.05, 0.1) is 14.2 Å². The van der Waals surface area contributed by atoms with Gasteiger partial charge in [-0.15, -0.1) is 0 Å². The molecule has 0 aliphatic heterocycles. The Morgan fingerprint density at radius 2 is 1.44 bits per heavy atom. The molecule has 0 aromatic heterocycles. The van der Waals surface area contributed by atoms with E-state index < -0.39 is 8.38 Å². The summed E-state index contributed by atoms with van der Waals surface area (Å²) in [6.07, 6.45) is 0. The SMILES string of the molecule is CO[PH+](C)OC.[CH-]=O.[Mo]. The van der Waals surface area contributed by atoms with Crippen molar-refractivity contribution >= 4 is 15.2 Å². The average molecular weight is 234 g/mol. The summed E-state index contributed by atoms with van der Waals surface area (Å²) in [6, 6.07) is 0. The molecular formula is C4H11MoO3P. The van der Waals surface area contributed by atoms with Gasteiger partial charge in [0.15, 0.2) is 0 Å². The maximum Gasteiger partial charge on any atom is 0.259 e. The third kappa shape index (κ3) is 17.7. The number of rotatable bonds is 2. The Balaban J connectivity index is -0.000000109. The summed E-state index contributed by atoms with van der Waals surface area (Å²) in [5, 5.41) is 0. The molecule has 0 spiro atoms. The van der Waals surface area contributed by atoms with Crippen molar-refractivity contribution in [3.05, 3.63) is 0 Å². The largest absolute Gasteiger partial charge is 0.545 e. The molecule has 0 aromatic rings. The van der Waals surface area contributed by atoms with Crippen molar-refractivity contribution in [3.63, 3.8) is 0 Å². The van der Waals surface area contributed by atoms with Gasteiger partial charge in [-0.1, -0.05) is 0 Å². The molecule has 0 bridgehead atoms. The summed E-state index contributed by atoms with van der Waals surface area (Å²) in [6.45, 7) is 5.19. The smallest absolute Gasteiger partial charge is 0.259 e. The second kappa shape index (κ2) is 15.9. The minimum absolute atomic E-state index is 0. The van der Waals surface area contributed by atoms with Crippen LogP contribution in [0.25, 0.3) is 0 Å². The van der Waals surface area contributed by atoms with Crippen molar-refractivity contribution in [1.29, 1.82) is 0 Å². The van der Waals surface area contributed by atoms with Crippen LogP contribution >= 0.6 is 8.38 Å². The zero-order chi connectivity index (χ0) is 6.99. The van der Waals surface area contributed by atoms with E-state index in [1.807, 2.05) is 6.66 Å². The monoisotopic (exact) mass is 236 g/mol. The van der Waals surface area contributed by atoms with E-state index in [4.69, 9.17) is 13.8 Å². The first-order valence-electron chi connectivity index (χ1n) is 1.96. The van der Waals surface area contributed by atoms with Crippen molar-refractivity contribution in [1.82, 2.24) is 0 Å². The van der Waals surface area contributed by atoms with Crippen LogP contribution in [0.1, 0.15) is 0 Å². The first-order chi connectivity index (χ1) is 3.81. The summed E-state index contributed by atoms with van der Waals surface area (Å²) >= 11 is 0. The Labute approximate surface area is 71.3 Å². The average Bonchev–Trinajstić information content (AvgIpc) is 1.91. The molecule has 0 aliphatic carbocycles. The summed E-state index contributed by atoms with van der Waals surface area (Å²) < 4.78 is 9.56. The van der Waals surface area contributed by atoms with Crippen LogP contribution in [-0.4, -0.2) is 27.7 Å². The van der Waals surface area contributed by atoms with Crippen LogP contribution in [0.4, 0.5) is 0 Å². The van der Waals surface area contributed by atoms with Gasteiger partial charge in [0.25, 0.3) is 8.38 Å². The van der Waals surface area contributed by atoms with Crippen molar-refractivity contribution in [2.75, 3.05) is 20.9 Å². The third-order valence-corrected chi connectivity index (χ3v) is 1.72. The summed E-state index contributed by atoms with van der Waals surface area (Å²) in [5.41, 5.74) is 0. The Morgan fingerprint density at radius 1 is 1.22 bits per heavy atom. The zero-order valence-electron chi connectivity index (χ0n) is 5.71. The Bertz CT molecular complexity index is 42.8. The zero-order valence-corrected chi connectivity index (χ0v) is 8.72. The molecule has 0 rings (SSSR count). The van der Waals surface area contributed by atoms with Gasteiger partial charge in [0.1, 0.15) is 6.66 Å². The molecule has 0 atom stereocenters. The van der Waals surface area contributed by atoms with E-state index in [1.165, 1.54) is 0 Å². The van der Waals surface area contributed by atoms with Crippen molar-refractivity contribution in [2.24, 2.45) is 0 Å². The van der Waals surface area contributed by atoms with E-state index in [0.717, 1.165) is 0 Å². The maximum atomic E-state index is 7.75. The second-order valence-electron chi connectivity index (χ2n) is 0.900. The minimum Gasteiger partial charge on any atom is -0.545 e. The van der Waals surface area contributed by atoms with Gasteiger partial charge in [0, 0.05) is 21.1 Å². The van der Waals surface area contributed by atoms with Crippen molar-refractivity contribution in [2.45, 2.75) is 0 Å². The Kier molecular flexibility index (Phi) is 28.9. The molecule has 5 heteroatoms. The normalized spacial score (nSPS) is 7.11. The summed E-state index contributed by atoms with van der Waals surface area (Å²) in [5.74, 6) is 0. The topological polar surface area (TPSA) is 35.5 Å². The molecule has 0 aromatic carbocycles. The van der Waals surface area contributed by atoms with Crippen LogP contribution in [-0.2, 0) is 34.9 Å². The van der Waals surface area contributed by atoms with Gasteiger partial charge in [0.2, 0.25) is 0 Å². The predicted molar refractivity (Wildman–Crippen MR) is 35.0 cm³/mol. The maximum absolute atomic E-state index is 7.75. The van der Waals surface area contributed by atoms with E-state index in [0.29, 0.717) is 0 Å². The minimum atomic E-state index is -0.868. The molecule has 56 valence electrons. The molecule has 3 nitrogen and oxygen atoms in total. The van der Waals surface area contributed by atoms with Crippen LogP contribution in [0.15, 0.2) is 0 Å². The van der Waals surface area contributed by atoms with Crippen LogP contribution in [0.2, 0.25) is 0 Å². The molecule has 9 heavy (non-hydrogen) atoms. The van der Waals surface area contributed by atoms with Gasteiger partial charge in [-0.2, -0.15) is 0 Å². The van der Waals surface area contributed by atoms with Crippen LogP contribution < -0.4 is 0 Å². The Morgan fingerprint density at radius 3 is 1.44 bits per heavy atom. The standard InChI is InChI=1S/C3H9O2P.CHO.Mo/c1-4-6(3)5-2;1-2;/h1-3H3;1H;/q;-1;/p+1. The molecule has 0 unspecified atom stereocenters. The molecule has 0 saturated heterocycles. The fourth-order valence-corrected chi connectivity index (χ4v) is 0.250. The van der Waals surface area contributed by atoms with Crippen molar-refractivity contribution in [3.8, 4) is 0 Å². The fourth-order valence-electron chi connectivity index (χ4n) is 0.0833. The molecule has 0 fully saturated rings. The van der Waals surface area contributed by atoms with Gasteiger partial charge in [-0.05, 0) is 0 Å². The number of carbonyl (C=O) groups excluding carboxylic acids is 1. The third-order valence-electron chi connectivity index (χ3n) is 0.575. The van der Waals surface area contributed by atoms with E-state index in [1.54, 1.807) is 14.2 Å². The Hall–Kier alpha value is 0.708. The van der Waals surface area contributed by atoms with Crippen LogP contribution in [0.5, 0.6) is 0 Å². The van der Waals surface area contributed by atoms with Crippen molar-refractivity contribution < 1.29 is 34.9 Å². The first kappa shape index (κ1) is 16.4. The van der Waals surface area contributed by atoms with E-state index in [2.05, 4.69) is 6.79 Å². The first-order valence-corrected chi connectivity index (χ1v) is 3.78. The van der Waals surface area contributed by atoms with Gasteiger partial charge in [-0.25, -0.2) is 9.05 Å². The predicted octanol–water partition coefficient (Wildman–Crippen LogP) is 0.677. The molecule has 0 aliphatic rings. The quantitative estimate of drug-likeness (QED) is 0.305. The fraction of sp³-hybridized carbons (Fsp3) is 0.750. The van der Waals surface area contributed by atoms with Crippen LogP contribution in [0.3, 0.4) is 0 Å². The van der Waals surface area contributed by atoms with E-state index in [9.17, 15) is 0 Å². The molecule has 0 radical (unpaired) electrons. The molecular weight excluding hydrogens is 223 g/mol. The molecule has 0 heterocycles. The number of hydrogen-bond donors (Lipinski definition) is 0. The number of hydrogen-bond acceptors (Lipinski definition) is 3. The summed E-state index contributed by atoms with van der Waals surface area (Å²) in [4.78, 5) is 7.75.